The fourth-order valence-electron chi connectivity index (χ4n) is 1.71. The molecule has 0 aliphatic heterocycles. The molecule has 0 fully saturated rings. The number of hydrogen-bond donors (Lipinski definition) is 1. The van der Waals surface area contributed by atoms with Crippen LogP contribution in [0.1, 0.15) is 28.9 Å². The normalized spacial score (nSPS) is 11.7. The number of aromatic carboxylic acids is 1. The van der Waals surface area contributed by atoms with Gasteiger partial charge in [-0.3, -0.25) is 0 Å². The van der Waals surface area contributed by atoms with Crippen molar-refractivity contribution in [3.05, 3.63) is 40.4 Å². The molecule has 2 rings (SSSR count). The van der Waals surface area contributed by atoms with Crippen molar-refractivity contribution < 1.29 is 23.1 Å². The molecule has 0 bridgehead atoms. The second-order valence-electron chi connectivity index (χ2n) is 4.09. The Hall–Kier alpha value is -2.09. The van der Waals surface area contributed by atoms with E-state index < -0.39 is 23.5 Å². The topological polar surface area (TPSA) is 68.0 Å². The summed E-state index contributed by atoms with van der Waals surface area (Å²) < 4.78 is 38.9. The molecule has 1 heterocycles. The van der Waals surface area contributed by atoms with Gasteiger partial charge in [0.15, 0.2) is 0 Å². The molecule has 9 heteroatoms. The van der Waals surface area contributed by atoms with Crippen molar-refractivity contribution in [2.75, 3.05) is 0 Å². The van der Waals surface area contributed by atoms with E-state index in [1.54, 1.807) is 6.92 Å². The van der Waals surface area contributed by atoms with Crippen LogP contribution in [0.3, 0.4) is 0 Å². The van der Waals surface area contributed by atoms with E-state index in [0.29, 0.717) is 6.42 Å². The highest BCUT2D eigenvalue weighted by molar-refractivity contribution is 6.32. The fraction of sp³-hybridized carbons (Fsp3) is 0.250. The van der Waals surface area contributed by atoms with Crippen LogP contribution in [0.4, 0.5) is 13.2 Å². The molecule has 0 amide bonds. The molecule has 2 aromatic rings. The van der Waals surface area contributed by atoms with Gasteiger partial charge in [-0.05, 0) is 18.2 Å². The summed E-state index contributed by atoms with van der Waals surface area (Å²) >= 11 is 5.85. The zero-order chi connectivity index (χ0) is 15.8. The van der Waals surface area contributed by atoms with Crippen LogP contribution < -0.4 is 0 Å². The number of carboxylic acid groups (broad SMARTS) is 1. The van der Waals surface area contributed by atoms with Crippen LogP contribution in [0.5, 0.6) is 0 Å². The first-order chi connectivity index (χ1) is 9.74. The Morgan fingerprint density at radius 2 is 2.10 bits per heavy atom. The summed E-state index contributed by atoms with van der Waals surface area (Å²) in [6.45, 7) is 1.71. The summed E-state index contributed by atoms with van der Waals surface area (Å²) in [7, 11) is 0. The van der Waals surface area contributed by atoms with Crippen molar-refractivity contribution >= 4 is 17.6 Å². The van der Waals surface area contributed by atoms with Crippen LogP contribution in [0, 0.1) is 0 Å². The van der Waals surface area contributed by atoms with Crippen LogP contribution in [-0.4, -0.2) is 25.8 Å². The number of aryl methyl sites for hydroxylation is 1. The number of alkyl halides is 3. The molecule has 0 atom stereocenters. The molecule has 5 nitrogen and oxygen atoms in total. The predicted molar refractivity (Wildman–Crippen MR) is 67.7 cm³/mol. The highest BCUT2D eigenvalue weighted by atomic mass is 35.5. The molecule has 0 unspecified atom stereocenters. The van der Waals surface area contributed by atoms with Gasteiger partial charge in [-0.25, -0.2) is 14.5 Å². The van der Waals surface area contributed by atoms with Gasteiger partial charge in [-0.2, -0.15) is 13.2 Å². The van der Waals surface area contributed by atoms with Crippen LogP contribution in [0.2, 0.25) is 5.02 Å². The molecule has 0 aliphatic carbocycles. The Morgan fingerprint density at radius 1 is 1.43 bits per heavy atom. The molecule has 0 saturated heterocycles. The zero-order valence-corrected chi connectivity index (χ0v) is 11.4. The monoisotopic (exact) mass is 319 g/mol. The first kappa shape index (κ1) is 15.3. The summed E-state index contributed by atoms with van der Waals surface area (Å²) in [4.78, 5) is 14.7. The van der Waals surface area contributed by atoms with Crippen molar-refractivity contribution in [1.29, 1.82) is 0 Å². The Balaban J connectivity index is 2.54. The number of carboxylic acids is 1. The van der Waals surface area contributed by atoms with Gasteiger partial charge in [0.25, 0.3) is 5.82 Å². The molecule has 0 aliphatic rings. The van der Waals surface area contributed by atoms with Gasteiger partial charge in [0.05, 0.1) is 16.3 Å². The lowest BCUT2D eigenvalue weighted by atomic mass is 10.2. The maximum atomic E-state index is 12.6. The molecule has 0 saturated carbocycles. The van der Waals surface area contributed by atoms with E-state index in [1.165, 1.54) is 0 Å². The summed E-state index contributed by atoms with van der Waals surface area (Å²) in [5.41, 5.74) is -0.755. The smallest absolute Gasteiger partial charge is 0.416 e. The number of benzene rings is 1. The molecule has 0 spiro atoms. The Labute approximate surface area is 122 Å². The van der Waals surface area contributed by atoms with Gasteiger partial charge >= 0.3 is 12.1 Å². The summed E-state index contributed by atoms with van der Waals surface area (Å²) in [5.74, 6) is -1.48. The lowest BCUT2D eigenvalue weighted by Gasteiger charge is -2.10. The lowest BCUT2D eigenvalue weighted by molar-refractivity contribution is -0.137. The van der Waals surface area contributed by atoms with E-state index in [1.807, 2.05) is 0 Å². The van der Waals surface area contributed by atoms with E-state index in [9.17, 15) is 18.0 Å². The summed E-state index contributed by atoms with van der Waals surface area (Å²) in [6.07, 6.45) is -4.16. The van der Waals surface area contributed by atoms with E-state index in [0.717, 1.165) is 22.9 Å². The van der Waals surface area contributed by atoms with E-state index in [2.05, 4.69) is 10.1 Å². The number of rotatable bonds is 3. The molecular formula is C12H9ClF3N3O2. The fourth-order valence-corrected chi connectivity index (χ4v) is 1.97. The highest BCUT2D eigenvalue weighted by Gasteiger charge is 2.31. The summed E-state index contributed by atoms with van der Waals surface area (Å²) in [5, 5.41) is 12.4. The van der Waals surface area contributed by atoms with E-state index >= 15 is 0 Å². The largest absolute Gasteiger partial charge is 0.475 e. The first-order valence-electron chi connectivity index (χ1n) is 5.80. The number of carbonyl (C=O) groups is 1. The van der Waals surface area contributed by atoms with Gasteiger partial charge in [0, 0.05) is 6.42 Å². The average molecular weight is 320 g/mol. The van der Waals surface area contributed by atoms with Crippen molar-refractivity contribution in [3.8, 4) is 5.69 Å². The Bertz CT molecular complexity index is 698. The molecular weight excluding hydrogens is 311 g/mol. The van der Waals surface area contributed by atoms with Gasteiger partial charge < -0.3 is 5.11 Å². The minimum Gasteiger partial charge on any atom is -0.475 e. The van der Waals surface area contributed by atoms with E-state index in [4.69, 9.17) is 16.7 Å². The second-order valence-corrected chi connectivity index (χ2v) is 4.49. The van der Waals surface area contributed by atoms with Crippen LogP contribution in [0.25, 0.3) is 5.69 Å². The molecule has 1 aromatic heterocycles. The van der Waals surface area contributed by atoms with Crippen LogP contribution in [0.15, 0.2) is 18.2 Å². The minimum absolute atomic E-state index is 0.140. The first-order valence-corrected chi connectivity index (χ1v) is 6.18. The van der Waals surface area contributed by atoms with Crippen molar-refractivity contribution in [2.24, 2.45) is 0 Å². The molecule has 1 N–H and O–H groups in total. The highest BCUT2D eigenvalue weighted by Crippen LogP contribution is 2.33. The van der Waals surface area contributed by atoms with Gasteiger partial charge in [-0.1, -0.05) is 18.5 Å². The van der Waals surface area contributed by atoms with Crippen LogP contribution in [-0.2, 0) is 12.6 Å². The van der Waals surface area contributed by atoms with Crippen molar-refractivity contribution in [1.82, 2.24) is 14.8 Å². The summed E-state index contributed by atoms with van der Waals surface area (Å²) in [6, 6.07) is 2.74. The Kier molecular flexibility index (Phi) is 3.91. The third-order valence-electron chi connectivity index (χ3n) is 2.68. The molecule has 112 valence electrons. The van der Waals surface area contributed by atoms with Crippen molar-refractivity contribution in [3.63, 3.8) is 0 Å². The zero-order valence-electron chi connectivity index (χ0n) is 10.6. The predicted octanol–water partition coefficient (Wildman–Crippen LogP) is 3.20. The maximum Gasteiger partial charge on any atom is 0.416 e. The van der Waals surface area contributed by atoms with Crippen LogP contribution >= 0.6 is 11.6 Å². The quantitative estimate of drug-likeness (QED) is 0.943. The van der Waals surface area contributed by atoms with Gasteiger partial charge in [0.2, 0.25) is 0 Å². The second kappa shape index (κ2) is 5.36. The Morgan fingerprint density at radius 3 is 2.57 bits per heavy atom. The number of halogens is 4. The molecule has 1 aromatic carbocycles. The number of nitrogens with zero attached hydrogens (tertiary/aromatic N) is 3. The number of aromatic nitrogens is 3. The van der Waals surface area contributed by atoms with Crippen molar-refractivity contribution in [2.45, 2.75) is 19.5 Å². The van der Waals surface area contributed by atoms with Gasteiger partial charge in [-0.15, -0.1) is 5.10 Å². The molecule has 0 radical (unpaired) electrons. The third-order valence-corrected chi connectivity index (χ3v) is 2.99. The van der Waals surface area contributed by atoms with Gasteiger partial charge in [0.1, 0.15) is 5.82 Å². The third kappa shape index (κ3) is 2.99. The minimum atomic E-state index is -4.51. The number of hydrogen-bond acceptors (Lipinski definition) is 3. The SMILES string of the molecule is CCc1nc(C(=O)O)nn1-c1ccc(C(F)(F)F)cc1Cl. The van der Waals surface area contributed by atoms with E-state index in [-0.39, 0.29) is 16.5 Å². The lowest BCUT2D eigenvalue weighted by Crippen LogP contribution is -2.08. The average Bonchev–Trinajstić information content (AvgIpc) is 2.81. The maximum absolute atomic E-state index is 12.6. The standard InChI is InChI=1S/C12H9ClF3N3O2/c1-2-9-17-10(11(20)21)18-19(9)8-4-3-6(5-7(8)13)12(14,15)16/h3-5H,2H2,1H3,(H,20,21). The molecule has 21 heavy (non-hydrogen) atoms.